The number of morpholine rings is 1. The van der Waals surface area contributed by atoms with E-state index >= 15 is 0 Å². The van der Waals surface area contributed by atoms with Gasteiger partial charge in [0.2, 0.25) is 0 Å². The fraction of sp³-hybridized carbons (Fsp3) is 0.500. The summed E-state index contributed by atoms with van der Waals surface area (Å²) in [5, 5.41) is 2.59. The zero-order valence-corrected chi connectivity index (χ0v) is 14.8. The number of carbonyl (C=O) groups excluding carboxylic acids is 3. The summed E-state index contributed by atoms with van der Waals surface area (Å²) >= 11 is 0. The summed E-state index contributed by atoms with van der Waals surface area (Å²) < 4.78 is 10.4. The minimum absolute atomic E-state index is 0.256. The molecule has 0 aliphatic carbocycles. The zero-order chi connectivity index (χ0) is 18.4. The summed E-state index contributed by atoms with van der Waals surface area (Å²) in [6.07, 6.45) is -0.899. The van der Waals surface area contributed by atoms with Crippen molar-refractivity contribution in [2.45, 2.75) is 32.9 Å². The molecule has 1 aliphatic heterocycles. The number of aryl methyl sites for hydroxylation is 1. The molecule has 1 heterocycles. The lowest BCUT2D eigenvalue weighted by Gasteiger charge is -2.29. The molecule has 136 valence electrons. The van der Waals surface area contributed by atoms with Crippen molar-refractivity contribution >= 4 is 17.8 Å². The summed E-state index contributed by atoms with van der Waals surface area (Å²) in [6.45, 7) is 6.88. The minimum atomic E-state index is -0.899. The van der Waals surface area contributed by atoms with Crippen LogP contribution in [0, 0.1) is 6.92 Å². The lowest BCUT2D eigenvalue weighted by atomic mass is 10.1. The molecule has 2 atom stereocenters. The van der Waals surface area contributed by atoms with Crippen LogP contribution >= 0.6 is 0 Å². The first-order valence-electron chi connectivity index (χ1n) is 8.33. The Morgan fingerprint density at radius 3 is 2.52 bits per heavy atom. The lowest BCUT2D eigenvalue weighted by Crippen LogP contribution is -2.47. The number of nitrogens with zero attached hydrogens (tertiary/aromatic N) is 1. The average molecular weight is 348 g/mol. The largest absolute Gasteiger partial charge is 0.451 e. The van der Waals surface area contributed by atoms with Gasteiger partial charge in [0, 0.05) is 18.7 Å². The molecule has 1 aliphatic rings. The van der Waals surface area contributed by atoms with Crippen molar-refractivity contribution in [1.29, 1.82) is 0 Å². The maximum atomic E-state index is 12.2. The van der Waals surface area contributed by atoms with E-state index in [1.165, 1.54) is 13.8 Å². The quantitative estimate of drug-likeness (QED) is 0.800. The Balaban J connectivity index is 1.86. The molecule has 0 bridgehead atoms. The summed E-state index contributed by atoms with van der Waals surface area (Å²) in [4.78, 5) is 38.2. The van der Waals surface area contributed by atoms with Crippen molar-refractivity contribution in [3.63, 3.8) is 0 Å². The van der Waals surface area contributed by atoms with Crippen molar-refractivity contribution in [3.8, 4) is 0 Å². The van der Waals surface area contributed by atoms with Crippen LogP contribution in [0.4, 0.5) is 0 Å². The second-order valence-electron chi connectivity index (χ2n) is 6.08. The van der Waals surface area contributed by atoms with Gasteiger partial charge in [0.25, 0.3) is 11.8 Å². The number of hydrogen-bond donors (Lipinski definition) is 1. The van der Waals surface area contributed by atoms with Gasteiger partial charge in [-0.05, 0) is 32.9 Å². The highest BCUT2D eigenvalue weighted by molar-refractivity contribution is 5.97. The smallest absolute Gasteiger partial charge is 0.329 e. The van der Waals surface area contributed by atoms with Gasteiger partial charge in [0.1, 0.15) is 6.04 Å². The highest BCUT2D eigenvalue weighted by Crippen LogP contribution is 2.07. The highest BCUT2D eigenvalue weighted by Gasteiger charge is 2.27. The fourth-order valence-corrected chi connectivity index (χ4v) is 2.49. The van der Waals surface area contributed by atoms with Gasteiger partial charge in [-0.2, -0.15) is 0 Å². The summed E-state index contributed by atoms with van der Waals surface area (Å²) in [5.74, 6) is -1.26. The van der Waals surface area contributed by atoms with Gasteiger partial charge in [-0.3, -0.25) is 9.59 Å². The van der Waals surface area contributed by atoms with E-state index in [1.54, 1.807) is 23.1 Å². The zero-order valence-electron chi connectivity index (χ0n) is 14.8. The number of nitrogens with one attached hydrogen (secondary N) is 1. The first kappa shape index (κ1) is 18.9. The molecule has 0 unspecified atom stereocenters. The number of rotatable bonds is 5. The van der Waals surface area contributed by atoms with Gasteiger partial charge < -0.3 is 19.7 Å². The van der Waals surface area contributed by atoms with Gasteiger partial charge in [-0.1, -0.05) is 17.7 Å². The molecule has 2 amide bonds. The molecule has 25 heavy (non-hydrogen) atoms. The second kappa shape index (κ2) is 8.62. The molecule has 0 radical (unpaired) electrons. The van der Waals surface area contributed by atoms with Crippen molar-refractivity contribution in [3.05, 3.63) is 35.4 Å². The van der Waals surface area contributed by atoms with Gasteiger partial charge in [-0.15, -0.1) is 0 Å². The van der Waals surface area contributed by atoms with E-state index in [2.05, 4.69) is 5.32 Å². The van der Waals surface area contributed by atoms with Crippen LogP contribution in [0.1, 0.15) is 29.8 Å². The number of amides is 2. The SMILES string of the molecule is Cc1cccc(C(=O)N[C@H](C)C(=O)O[C@@H](C)C(=O)N2CCOCC2)c1. The van der Waals surface area contributed by atoms with Crippen LogP contribution in [0.15, 0.2) is 24.3 Å². The third kappa shape index (κ3) is 5.29. The Morgan fingerprint density at radius 1 is 1.20 bits per heavy atom. The average Bonchev–Trinajstić information content (AvgIpc) is 2.61. The number of hydrogen-bond acceptors (Lipinski definition) is 5. The van der Waals surface area contributed by atoms with Crippen LogP contribution in [0.5, 0.6) is 0 Å². The Labute approximate surface area is 147 Å². The first-order chi connectivity index (χ1) is 11.9. The molecule has 7 nitrogen and oxygen atoms in total. The molecule has 7 heteroatoms. The standard InChI is InChI=1S/C18H24N2O5/c1-12-5-4-6-15(11-12)16(21)19-13(2)18(23)25-14(3)17(22)20-7-9-24-10-8-20/h4-6,11,13-14H,7-10H2,1-3H3,(H,19,21)/t13-,14+/m1/s1. The third-order valence-electron chi connectivity index (χ3n) is 3.94. The lowest BCUT2D eigenvalue weighted by molar-refractivity contribution is -0.162. The Bertz CT molecular complexity index is 640. The van der Waals surface area contributed by atoms with Gasteiger partial charge in [-0.25, -0.2) is 4.79 Å². The Morgan fingerprint density at radius 2 is 1.88 bits per heavy atom. The van der Waals surface area contributed by atoms with E-state index in [0.717, 1.165) is 5.56 Å². The van der Waals surface area contributed by atoms with Crippen molar-refractivity contribution in [2.75, 3.05) is 26.3 Å². The minimum Gasteiger partial charge on any atom is -0.451 e. The molecule has 1 fully saturated rings. The maximum absolute atomic E-state index is 12.2. The Hall–Kier alpha value is -2.41. The van der Waals surface area contributed by atoms with Crippen LogP contribution in [0.25, 0.3) is 0 Å². The fourth-order valence-electron chi connectivity index (χ4n) is 2.49. The van der Waals surface area contributed by atoms with Crippen LogP contribution in [0.3, 0.4) is 0 Å². The molecular weight excluding hydrogens is 324 g/mol. The van der Waals surface area contributed by atoms with E-state index in [1.807, 2.05) is 13.0 Å². The molecular formula is C18H24N2O5. The maximum Gasteiger partial charge on any atom is 0.329 e. The predicted molar refractivity (Wildman–Crippen MR) is 91.1 cm³/mol. The molecule has 0 aromatic heterocycles. The van der Waals surface area contributed by atoms with Gasteiger partial charge >= 0.3 is 5.97 Å². The van der Waals surface area contributed by atoms with E-state index < -0.39 is 18.1 Å². The number of benzene rings is 1. The van der Waals surface area contributed by atoms with Gasteiger partial charge in [0.15, 0.2) is 6.10 Å². The van der Waals surface area contributed by atoms with Crippen molar-refractivity contribution < 1.29 is 23.9 Å². The van der Waals surface area contributed by atoms with E-state index in [4.69, 9.17) is 9.47 Å². The summed E-state index contributed by atoms with van der Waals surface area (Å²) in [7, 11) is 0. The van der Waals surface area contributed by atoms with Gasteiger partial charge in [0.05, 0.1) is 13.2 Å². The predicted octanol–water partition coefficient (Wildman–Crippen LogP) is 0.904. The monoisotopic (exact) mass is 348 g/mol. The Kier molecular flexibility index (Phi) is 6.52. The molecule has 1 N–H and O–H groups in total. The molecule has 0 saturated carbocycles. The van der Waals surface area contributed by atoms with Crippen LogP contribution in [-0.2, 0) is 19.1 Å². The highest BCUT2D eigenvalue weighted by atomic mass is 16.5. The van der Waals surface area contributed by atoms with E-state index in [0.29, 0.717) is 31.9 Å². The second-order valence-corrected chi connectivity index (χ2v) is 6.08. The topological polar surface area (TPSA) is 84.9 Å². The van der Waals surface area contributed by atoms with Crippen LogP contribution < -0.4 is 5.32 Å². The third-order valence-corrected chi connectivity index (χ3v) is 3.94. The van der Waals surface area contributed by atoms with Crippen LogP contribution in [-0.4, -0.2) is 61.1 Å². The van der Waals surface area contributed by atoms with Crippen molar-refractivity contribution in [1.82, 2.24) is 10.2 Å². The number of esters is 1. The number of carbonyl (C=O) groups is 3. The number of ether oxygens (including phenoxy) is 2. The van der Waals surface area contributed by atoms with E-state index in [-0.39, 0.29) is 11.8 Å². The molecule has 0 spiro atoms. The van der Waals surface area contributed by atoms with E-state index in [9.17, 15) is 14.4 Å². The molecule has 2 rings (SSSR count). The molecule has 1 aromatic rings. The molecule has 1 aromatic carbocycles. The normalized spacial score (nSPS) is 16.7. The molecule has 1 saturated heterocycles. The first-order valence-corrected chi connectivity index (χ1v) is 8.33. The summed E-state index contributed by atoms with van der Waals surface area (Å²) in [5.41, 5.74) is 1.42. The van der Waals surface area contributed by atoms with Crippen molar-refractivity contribution in [2.24, 2.45) is 0 Å². The van der Waals surface area contributed by atoms with Crippen LogP contribution in [0.2, 0.25) is 0 Å². The summed E-state index contributed by atoms with van der Waals surface area (Å²) in [6, 6.07) is 6.21.